The molecule has 0 bridgehead atoms. The van der Waals surface area contributed by atoms with Crippen molar-refractivity contribution in [1.29, 1.82) is 0 Å². The minimum absolute atomic E-state index is 0.301. The molecule has 4 heteroatoms. The third kappa shape index (κ3) is 2.58. The molecule has 2 fully saturated rings. The first-order chi connectivity index (χ1) is 8.74. The van der Waals surface area contributed by atoms with Gasteiger partial charge in [0.2, 0.25) is 5.91 Å². The van der Waals surface area contributed by atoms with Crippen molar-refractivity contribution in [2.24, 2.45) is 0 Å². The lowest BCUT2D eigenvalue weighted by Gasteiger charge is -2.29. The number of amides is 1. The first-order valence-corrected chi connectivity index (χ1v) is 7.84. The lowest BCUT2D eigenvalue weighted by atomic mass is 10.1. The number of hydrogen-bond acceptors (Lipinski definition) is 3. The van der Waals surface area contributed by atoms with E-state index in [0.717, 1.165) is 10.7 Å². The van der Waals surface area contributed by atoms with Crippen LogP contribution in [0.1, 0.15) is 49.2 Å². The van der Waals surface area contributed by atoms with Crippen molar-refractivity contribution < 1.29 is 4.79 Å². The Hall–Kier alpha value is -0.900. The highest BCUT2D eigenvalue weighted by atomic mass is 32.1. The molecule has 1 aromatic rings. The quantitative estimate of drug-likeness (QED) is 0.837. The lowest BCUT2D eigenvalue weighted by Crippen LogP contribution is -2.41. The van der Waals surface area contributed by atoms with E-state index in [9.17, 15) is 4.79 Å². The van der Waals surface area contributed by atoms with Gasteiger partial charge in [0.25, 0.3) is 0 Å². The second-order valence-corrected chi connectivity index (χ2v) is 6.57. The van der Waals surface area contributed by atoms with E-state index < -0.39 is 0 Å². The molecule has 0 aromatic carbocycles. The largest absolute Gasteiger partial charge is 0.336 e. The van der Waals surface area contributed by atoms with Crippen LogP contribution in [0.5, 0.6) is 0 Å². The van der Waals surface area contributed by atoms with E-state index in [4.69, 9.17) is 0 Å². The Kier molecular flexibility index (Phi) is 3.37. The van der Waals surface area contributed by atoms with Crippen LogP contribution in [-0.4, -0.2) is 27.9 Å². The molecule has 3 rings (SSSR count). The molecular weight excluding hydrogens is 244 g/mol. The van der Waals surface area contributed by atoms with Gasteiger partial charge in [0.15, 0.2) is 0 Å². The summed E-state index contributed by atoms with van der Waals surface area (Å²) in [5, 5.41) is 3.07. The first kappa shape index (κ1) is 12.2. The summed E-state index contributed by atoms with van der Waals surface area (Å²) in [5.74, 6) is 0.301. The van der Waals surface area contributed by atoms with Gasteiger partial charge in [-0.3, -0.25) is 4.79 Å². The van der Waals surface area contributed by atoms with Crippen molar-refractivity contribution in [3.05, 3.63) is 16.1 Å². The summed E-state index contributed by atoms with van der Waals surface area (Å²) >= 11 is 1.63. The molecule has 18 heavy (non-hydrogen) atoms. The van der Waals surface area contributed by atoms with Crippen molar-refractivity contribution >= 4 is 17.2 Å². The Balaban J connectivity index is 1.68. The highest BCUT2D eigenvalue weighted by molar-refractivity contribution is 7.09. The standard InChI is InChI=1S/C14H20N2OS/c1-10-15-11(9-18-10)8-14(17)16(13-6-7-13)12-4-2-3-5-12/h9,12-13H,2-8H2,1H3. The van der Waals surface area contributed by atoms with Crippen LogP contribution in [0.25, 0.3) is 0 Å². The molecule has 98 valence electrons. The second-order valence-electron chi connectivity index (χ2n) is 5.51. The van der Waals surface area contributed by atoms with Crippen molar-refractivity contribution in [3.63, 3.8) is 0 Å². The molecule has 2 saturated carbocycles. The van der Waals surface area contributed by atoms with Crippen LogP contribution in [0.4, 0.5) is 0 Å². The zero-order valence-electron chi connectivity index (χ0n) is 10.9. The van der Waals surface area contributed by atoms with Gasteiger partial charge in [-0.2, -0.15) is 0 Å². The van der Waals surface area contributed by atoms with Crippen molar-refractivity contribution in [3.8, 4) is 0 Å². The van der Waals surface area contributed by atoms with Gasteiger partial charge >= 0.3 is 0 Å². The first-order valence-electron chi connectivity index (χ1n) is 6.96. The van der Waals surface area contributed by atoms with Crippen molar-refractivity contribution in [1.82, 2.24) is 9.88 Å². The van der Waals surface area contributed by atoms with E-state index in [1.807, 2.05) is 12.3 Å². The van der Waals surface area contributed by atoms with Crippen molar-refractivity contribution in [2.45, 2.75) is 64.0 Å². The fourth-order valence-electron chi connectivity index (χ4n) is 2.98. The van der Waals surface area contributed by atoms with Gasteiger partial charge in [-0.25, -0.2) is 4.98 Å². The number of rotatable bonds is 4. The summed E-state index contributed by atoms with van der Waals surface area (Å²) in [7, 11) is 0. The Morgan fingerprint density at radius 3 is 2.56 bits per heavy atom. The van der Waals surface area contributed by atoms with Crippen LogP contribution in [0.15, 0.2) is 5.38 Å². The van der Waals surface area contributed by atoms with Gasteiger partial charge in [-0.15, -0.1) is 11.3 Å². The molecule has 0 N–H and O–H groups in total. The average molecular weight is 264 g/mol. The maximum Gasteiger partial charge on any atom is 0.229 e. The summed E-state index contributed by atoms with van der Waals surface area (Å²) in [4.78, 5) is 19.1. The van der Waals surface area contributed by atoms with E-state index in [1.165, 1.54) is 38.5 Å². The zero-order valence-corrected chi connectivity index (χ0v) is 11.7. The smallest absolute Gasteiger partial charge is 0.229 e. The van der Waals surface area contributed by atoms with Crippen LogP contribution in [0.3, 0.4) is 0 Å². The highest BCUT2D eigenvalue weighted by Gasteiger charge is 2.38. The molecule has 2 aliphatic carbocycles. The van der Waals surface area contributed by atoms with Gasteiger partial charge in [0.1, 0.15) is 0 Å². The Morgan fingerprint density at radius 2 is 2.00 bits per heavy atom. The number of aromatic nitrogens is 1. The van der Waals surface area contributed by atoms with Crippen LogP contribution in [0, 0.1) is 6.92 Å². The lowest BCUT2D eigenvalue weighted by molar-refractivity contribution is -0.133. The van der Waals surface area contributed by atoms with Gasteiger partial charge in [0, 0.05) is 17.5 Å². The fourth-order valence-corrected chi connectivity index (χ4v) is 3.59. The number of thiazole rings is 1. The Labute approximate surface area is 112 Å². The minimum Gasteiger partial charge on any atom is -0.336 e. The molecule has 1 amide bonds. The molecule has 1 heterocycles. The van der Waals surface area contributed by atoms with Crippen LogP contribution >= 0.6 is 11.3 Å². The topological polar surface area (TPSA) is 33.2 Å². The molecule has 3 nitrogen and oxygen atoms in total. The summed E-state index contributed by atoms with van der Waals surface area (Å²) in [6.45, 7) is 1.99. The molecule has 1 aromatic heterocycles. The number of nitrogens with zero attached hydrogens (tertiary/aromatic N) is 2. The third-order valence-corrected chi connectivity index (χ3v) is 4.77. The van der Waals surface area contributed by atoms with E-state index in [-0.39, 0.29) is 0 Å². The predicted molar refractivity (Wildman–Crippen MR) is 72.7 cm³/mol. The van der Waals surface area contributed by atoms with Crippen LogP contribution < -0.4 is 0 Å². The second kappa shape index (κ2) is 5.00. The zero-order chi connectivity index (χ0) is 12.5. The van der Waals surface area contributed by atoms with Gasteiger partial charge in [0.05, 0.1) is 17.1 Å². The number of carbonyl (C=O) groups is 1. The number of carbonyl (C=O) groups excluding carboxylic acids is 1. The summed E-state index contributed by atoms with van der Waals surface area (Å²) in [6.07, 6.45) is 7.90. The van der Waals surface area contributed by atoms with Gasteiger partial charge < -0.3 is 4.90 Å². The molecule has 2 aliphatic rings. The third-order valence-electron chi connectivity index (χ3n) is 3.95. The van der Waals surface area contributed by atoms with Gasteiger partial charge in [-0.1, -0.05) is 12.8 Å². The molecule has 0 aliphatic heterocycles. The minimum atomic E-state index is 0.301. The van der Waals surface area contributed by atoms with Crippen LogP contribution in [0.2, 0.25) is 0 Å². The van der Waals surface area contributed by atoms with Gasteiger partial charge in [-0.05, 0) is 32.6 Å². The average Bonchev–Trinajstić information content (AvgIpc) is 2.85. The molecular formula is C14H20N2OS. The summed E-state index contributed by atoms with van der Waals surface area (Å²) in [5.41, 5.74) is 0.950. The molecule has 0 spiro atoms. The van der Waals surface area contributed by atoms with Crippen molar-refractivity contribution in [2.75, 3.05) is 0 Å². The molecule has 0 saturated heterocycles. The summed E-state index contributed by atoms with van der Waals surface area (Å²) < 4.78 is 0. The predicted octanol–water partition coefficient (Wildman–Crippen LogP) is 2.93. The van der Waals surface area contributed by atoms with E-state index in [0.29, 0.717) is 24.4 Å². The Bertz CT molecular complexity index is 433. The maximum absolute atomic E-state index is 12.5. The van der Waals surface area contributed by atoms with E-state index >= 15 is 0 Å². The number of hydrogen-bond donors (Lipinski definition) is 0. The normalized spacial score (nSPS) is 20.3. The highest BCUT2D eigenvalue weighted by Crippen LogP contribution is 2.34. The SMILES string of the molecule is Cc1nc(CC(=O)N(C2CCCC2)C2CC2)cs1. The fraction of sp³-hybridized carbons (Fsp3) is 0.714. The molecule has 0 radical (unpaired) electrons. The maximum atomic E-state index is 12.5. The molecule has 0 unspecified atom stereocenters. The Morgan fingerprint density at radius 1 is 1.33 bits per heavy atom. The monoisotopic (exact) mass is 264 g/mol. The molecule has 0 atom stereocenters. The summed E-state index contributed by atoms with van der Waals surface area (Å²) in [6, 6.07) is 1.06. The van der Waals surface area contributed by atoms with E-state index in [2.05, 4.69) is 9.88 Å². The van der Waals surface area contributed by atoms with Crippen LogP contribution in [-0.2, 0) is 11.2 Å². The van der Waals surface area contributed by atoms with E-state index in [1.54, 1.807) is 11.3 Å². The number of aryl methyl sites for hydroxylation is 1.